The normalized spacial score (nSPS) is 22.1. The first kappa shape index (κ1) is 23.3. The summed E-state index contributed by atoms with van der Waals surface area (Å²) >= 11 is 1.49. The molecule has 0 aromatic heterocycles. The van der Waals surface area contributed by atoms with E-state index in [1.165, 1.54) is 23.6 Å². The van der Waals surface area contributed by atoms with Gasteiger partial charge in [-0.2, -0.15) is 0 Å². The average molecular weight is 427 g/mol. The third kappa shape index (κ3) is 5.74. The highest BCUT2D eigenvalue weighted by Gasteiger charge is 2.54. The molecule has 162 valence electrons. The molecule has 0 bridgehead atoms. The first-order valence-electron chi connectivity index (χ1n) is 9.73. The fourth-order valence-corrected chi connectivity index (χ4v) is 4.28. The van der Waals surface area contributed by atoms with Gasteiger partial charge in [0.15, 0.2) is 11.9 Å². The molecule has 0 saturated carbocycles. The van der Waals surface area contributed by atoms with Crippen LogP contribution in [0.4, 0.5) is 0 Å². The number of unbranched alkanes of at least 4 members (excludes halogenated alkanes) is 1. The molecule has 0 radical (unpaired) electrons. The summed E-state index contributed by atoms with van der Waals surface area (Å²) in [6.45, 7) is 8.60. The number of hydrogen-bond acceptors (Lipinski definition) is 8. The van der Waals surface area contributed by atoms with Gasteiger partial charge in [-0.1, -0.05) is 13.3 Å². The number of methoxy groups -OCH3 is 1. The van der Waals surface area contributed by atoms with E-state index in [4.69, 9.17) is 14.2 Å². The zero-order valence-corrected chi connectivity index (χ0v) is 18.8. The van der Waals surface area contributed by atoms with Gasteiger partial charge in [0.25, 0.3) is 5.91 Å². The van der Waals surface area contributed by atoms with Gasteiger partial charge in [0, 0.05) is 24.7 Å². The Morgan fingerprint density at radius 3 is 2.55 bits per heavy atom. The van der Waals surface area contributed by atoms with Crippen molar-refractivity contribution in [1.29, 1.82) is 0 Å². The van der Waals surface area contributed by atoms with E-state index < -0.39 is 23.6 Å². The Morgan fingerprint density at radius 2 is 2.00 bits per heavy atom. The van der Waals surface area contributed by atoms with E-state index in [2.05, 4.69) is 11.9 Å². The number of fused-ring (bicyclic) bond motifs is 1. The van der Waals surface area contributed by atoms with Gasteiger partial charge in [-0.3, -0.25) is 14.5 Å². The molecule has 2 aliphatic rings. The van der Waals surface area contributed by atoms with Gasteiger partial charge in [0.05, 0.1) is 7.11 Å². The number of ether oxygens (including phenoxy) is 3. The van der Waals surface area contributed by atoms with Crippen LogP contribution in [0.1, 0.15) is 53.9 Å². The number of hydrogen-bond donors (Lipinski definition) is 0. The second-order valence-corrected chi connectivity index (χ2v) is 9.02. The third-order valence-electron chi connectivity index (χ3n) is 4.32. The minimum atomic E-state index is -0.717. The van der Waals surface area contributed by atoms with Crippen LogP contribution in [0.3, 0.4) is 0 Å². The van der Waals surface area contributed by atoms with Crippen LogP contribution in [0.2, 0.25) is 0 Å². The molecule has 0 aromatic rings. The predicted octanol–water partition coefficient (Wildman–Crippen LogP) is 2.66. The molecule has 0 aliphatic carbocycles. The van der Waals surface area contributed by atoms with Gasteiger partial charge in [-0.05, 0) is 27.2 Å². The monoisotopic (exact) mass is 426 g/mol. The van der Waals surface area contributed by atoms with Crippen molar-refractivity contribution in [2.45, 2.75) is 70.9 Å². The van der Waals surface area contributed by atoms with Crippen LogP contribution < -0.4 is 0 Å². The lowest BCUT2D eigenvalue weighted by molar-refractivity contribution is -0.158. The maximum Gasteiger partial charge on any atom is 0.355 e. The summed E-state index contributed by atoms with van der Waals surface area (Å²) in [4.78, 5) is 42.9. The second kappa shape index (κ2) is 9.65. The number of β-lactam (4-membered cyclic amide) rings is 1. The fraction of sp³-hybridized carbons (Fsp3) is 0.700. The summed E-state index contributed by atoms with van der Waals surface area (Å²) in [6.07, 6.45) is 2.58. The average Bonchev–Trinajstić information content (AvgIpc) is 2.64. The number of esters is 2. The summed E-state index contributed by atoms with van der Waals surface area (Å²) in [7, 11) is 1.55. The Labute approximate surface area is 176 Å². The lowest BCUT2D eigenvalue weighted by Gasteiger charge is -2.48. The molecular weight excluding hydrogens is 396 g/mol. The Hall–Kier alpha value is -2.03. The molecule has 1 fully saturated rings. The SMILES string of the molecule is CCCCC(=N[C@@H]1C(=O)N2C(C(=O)OC(C)(C)C)=C(COC(C)=O)CS[C@H]12)OC. The fourth-order valence-electron chi connectivity index (χ4n) is 2.97. The molecule has 1 saturated heterocycles. The van der Waals surface area contributed by atoms with Gasteiger partial charge in [0.1, 0.15) is 23.3 Å². The Kier molecular flexibility index (Phi) is 7.73. The first-order chi connectivity index (χ1) is 13.6. The minimum Gasteiger partial charge on any atom is -0.484 e. The Bertz CT molecular complexity index is 725. The summed E-state index contributed by atoms with van der Waals surface area (Å²) in [5.41, 5.74) is 0.00396. The largest absolute Gasteiger partial charge is 0.484 e. The number of carbonyl (C=O) groups is 3. The predicted molar refractivity (Wildman–Crippen MR) is 110 cm³/mol. The summed E-state index contributed by atoms with van der Waals surface area (Å²) < 4.78 is 15.9. The molecule has 0 aromatic carbocycles. The number of nitrogens with zero attached hydrogens (tertiary/aromatic N) is 2. The quantitative estimate of drug-likeness (QED) is 0.267. The van der Waals surface area contributed by atoms with E-state index >= 15 is 0 Å². The van der Waals surface area contributed by atoms with Crippen molar-refractivity contribution < 1.29 is 28.6 Å². The molecular formula is C20H30N2O6S. The van der Waals surface area contributed by atoms with E-state index in [1.54, 1.807) is 27.9 Å². The summed E-state index contributed by atoms with van der Waals surface area (Å²) in [5, 5.41) is -0.308. The minimum absolute atomic E-state index is 0.0544. The van der Waals surface area contributed by atoms with Crippen molar-refractivity contribution in [3.05, 3.63) is 11.3 Å². The maximum atomic E-state index is 12.9. The van der Waals surface area contributed by atoms with E-state index in [0.717, 1.165) is 12.8 Å². The molecule has 0 unspecified atom stereocenters. The highest BCUT2D eigenvalue weighted by Crippen LogP contribution is 2.42. The van der Waals surface area contributed by atoms with Crippen LogP contribution in [0.5, 0.6) is 0 Å². The molecule has 0 spiro atoms. The molecule has 0 N–H and O–H groups in total. The molecule has 1 amide bonds. The van der Waals surface area contributed by atoms with Crippen molar-refractivity contribution in [2.75, 3.05) is 19.5 Å². The molecule has 2 heterocycles. The van der Waals surface area contributed by atoms with Crippen molar-refractivity contribution in [2.24, 2.45) is 4.99 Å². The molecule has 2 rings (SSSR count). The van der Waals surface area contributed by atoms with E-state index in [-0.39, 0.29) is 23.6 Å². The van der Waals surface area contributed by atoms with Crippen LogP contribution in [0.15, 0.2) is 16.3 Å². The van der Waals surface area contributed by atoms with Gasteiger partial charge in [-0.15, -0.1) is 11.8 Å². The van der Waals surface area contributed by atoms with E-state index in [9.17, 15) is 14.4 Å². The Balaban J connectivity index is 2.29. The molecule has 29 heavy (non-hydrogen) atoms. The van der Waals surface area contributed by atoms with Gasteiger partial charge >= 0.3 is 11.9 Å². The van der Waals surface area contributed by atoms with Gasteiger partial charge in [0.2, 0.25) is 0 Å². The van der Waals surface area contributed by atoms with E-state index in [0.29, 0.717) is 23.6 Å². The standard InChI is InChI=1S/C20H30N2O6S/c1-7-8-9-14(26-6)21-15-17(24)22-16(19(25)28-20(3,4)5)13(10-27-12(2)23)11-29-18(15)22/h15,18H,7-11H2,1-6H3/t15-,18-/m1/s1. The number of amides is 1. The van der Waals surface area contributed by atoms with Gasteiger partial charge < -0.3 is 14.2 Å². The van der Waals surface area contributed by atoms with Crippen molar-refractivity contribution in [3.63, 3.8) is 0 Å². The lowest BCUT2D eigenvalue weighted by atomic mass is 10.0. The van der Waals surface area contributed by atoms with Crippen LogP contribution in [0.25, 0.3) is 0 Å². The van der Waals surface area contributed by atoms with Crippen LogP contribution in [-0.4, -0.2) is 65.1 Å². The summed E-state index contributed by atoms with van der Waals surface area (Å²) in [6, 6.07) is -0.598. The lowest BCUT2D eigenvalue weighted by Crippen LogP contribution is -2.64. The van der Waals surface area contributed by atoms with Crippen molar-refractivity contribution in [1.82, 2.24) is 4.90 Å². The van der Waals surface area contributed by atoms with Crippen LogP contribution in [0, 0.1) is 0 Å². The molecule has 2 aliphatic heterocycles. The van der Waals surface area contributed by atoms with Gasteiger partial charge in [-0.25, -0.2) is 9.79 Å². The Morgan fingerprint density at radius 1 is 1.31 bits per heavy atom. The summed E-state index contributed by atoms with van der Waals surface area (Å²) in [5.74, 6) is -0.349. The second-order valence-electron chi connectivity index (χ2n) is 7.92. The number of thioether (sulfide) groups is 1. The highest BCUT2D eigenvalue weighted by molar-refractivity contribution is 8.00. The smallest absolute Gasteiger partial charge is 0.355 e. The van der Waals surface area contributed by atoms with Crippen LogP contribution in [-0.2, 0) is 28.6 Å². The van der Waals surface area contributed by atoms with E-state index in [1.807, 2.05) is 0 Å². The maximum absolute atomic E-state index is 12.9. The third-order valence-corrected chi connectivity index (χ3v) is 5.65. The zero-order valence-electron chi connectivity index (χ0n) is 17.9. The number of aliphatic imine (C=N–C) groups is 1. The molecule has 2 atom stereocenters. The van der Waals surface area contributed by atoms with Crippen molar-refractivity contribution in [3.8, 4) is 0 Å². The molecule has 9 heteroatoms. The van der Waals surface area contributed by atoms with Crippen molar-refractivity contribution >= 4 is 35.5 Å². The zero-order chi connectivity index (χ0) is 21.8. The molecule has 8 nitrogen and oxygen atoms in total. The first-order valence-corrected chi connectivity index (χ1v) is 10.8. The number of carbonyl (C=O) groups excluding carboxylic acids is 3. The highest BCUT2D eigenvalue weighted by atomic mass is 32.2. The number of rotatable bonds is 7. The van der Waals surface area contributed by atoms with Crippen LogP contribution >= 0.6 is 11.8 Å². The topological polar surface area (TPSA) is 94.5 Å².